The second-order valence-corrected chi connectivity index (χ2v) is 5.16. The molecule has 0 radical (unpaired) electrons. The number of benzene rings is 1. The molecule has 5 heteroatoms. The van der Waals surface area contributed by atoms with E-state index in [4.69, 9.17) is 0 Å². The average Bonchev–Trinajstić information content (AvgIpc) is 2.81. The van der Waals surface area contributed by atoms with Crippen molar-refractivity contribution in [3.05, 3.63) is 41.6 Å². The zero-order chi connectivity index (χ0) is 13.9. The SMILES string of the molecule is Cc1[nH]c(CN2CCNCC2)nc1-c1ccccc1F. The lowest BCUT2D eigenvalue weighted by Gasteiger charge is -2.26. The third-order valence-corrected chi connectivity index (χ3v) is 3.65. The van der Waals surface area contributed by atoms with E-state index in [0.717, 1.165) is 44.2 Å². The van der Waals surface area contributed by atoms with Crippen molar-refractivity contribution < 1.29 is 4.39 Å². The fourth-order valence-corrected chi connectivity index (χ4v) is 2.59. The largest absolute Gasteiger partial charge is 0.344 e. The molecule has 1 aromatic carbocycles. The van der Waals surface area contributed by atoms with E-state index in [1.54, 1.807) is 12.1 Å². The molecule has 0 aliphatic carbocycles. The second kappa shape index (κ2) is 5.73. The van der Waals surface area contributed by atoms with Crippen molar-refractivity contribution in [3.8, 4) is 11.3 Å². The number of aryl methyl sites for hydroxylation is 1. The normalized spacial score (nSPS) is 16.5. The van der Waals surface area contributed by atoms with Crippen LogP contribution in [0, 0.1) is 12.7 Å². The highest BCUT2D eigenvalue weighted by Gasteiger charge is 2.15. The first-order chi connectivity index (χ1) is 9.74. The van der Waals surface area contributed by atoms with Gasteiger partial charge in [-0.2, -0.15) is 0 Å². The third-order valence-electron chi connectivity index (χ3n) is 3.65. The quantitative estimate of drug-likeness (QED) is 0.899. The number of nitrogens with zero attached hydrogens (tertiary/aromatic N) is 2. The summed E-state index contributed by atoms with van der Waals surface area (Å²) in [7, 11) is 0. The lowest BCUT2D eigenvalue weighted by Crippen LogP contribution is -2.43. The van der Waals surface area contributed by atoms with Gasteiger partial charge in [-0.25, -0.2) is 9.37 Å². The monoisotopic (exact) mass is 274 g/mol. The summed E-state index contributed by atoms with van der Waals surface area (Å²) in [5, 5.41) is 3.33. The Morgan fingerprint density at radius 2 is 2.00 bits per heavy atom. The van der Waals surface area contributed by atoms with Gasteiger partial charge >= 0.3 is 0 Å². The molecule has 0 saturated carbocycles. The summed E-state index contributed by atoms with van der Waals surface area (Å²) in [4.78, 5) is 10.2. The molecule has 1 fully saturated rings. The molecule has 0 unspecified atom stereocenters. The lowest BCUT2D eigenvalue weighted by atomic mass is 10.1. The average molecular weight is 274 g/mol. The van der Waals surface area contributed by atoms with Crippen molar-refractivity contribution in [2.45, 2.75) is 13.5 Å². The Hall–Kier alpha value is -1.72. The minimum atomic E-state index is -0.226. The topological polar surface area (TPSA) is 44.0 Å². The smallest absolute Gasteiger partial charge is 0.132 e. The van der Waals surface area contributed by atoms with Crippen LogP contribution < -0.4 is 5.32 Å². The van der Waals surface area contributed by atoms with Crippen LogP contribution in [0.4, 0.5) is 4.39 Å². The molecule has 4 nitrogen and oxygen atoms in total. The first kappa shape index (κ1) is 13.3. The van der Waals surface area contributed by atoms with E-state index < -0.39 is 0 Å². The molecule has 1 saturated heterocycles. The molecular weight excluding hydrogens is 255 g/mol. The van der Waals surface area contributed by atoms with Gasteiger partial charge in [0.25, 0.3) is 0 Å². The molecule has 2 heterocycles. The van der Waals surface area contributed by atoms with Gasteiger partial charge in [0.05, 0.1) is 12.2 Å². The summed E-state index contributed by atoms with van der Waals surface area (Å²) < 4.78 is 13.9. The lowest BCUT2D eigenvalue weighted by molar-refractivity contribution is 0.228. The summed E-state index contributed by atoms with van der Waals surface area (Å²) in [5.74, 6) is 0.679. The fourth-order valence-electron chi connectivity index (χ4n) is 2.59. The molecule has 2 N–H and O–H groups in total. The molecule has 20 heavy (non-hydrogen) atoms. The molecule has 0 spiro atoms. The molecule has 0 amide bonds. The Morgan fingerprint density at radius 1 is 1.25 bits per heavy atom. The molecule has 0 atom stereocenters. The summed E-state index contributed by atoms with van der Waals surface area (Å²) >= 11 is 0. The summed E-state index contributed by atoms with van der Waals surface area (Å²) in [5.41, 5.74) is 2.20. The van der Waals surface area contributed by atoms with E-state index in [-0.39, 0.29) is 5.82 Å². The first-order valence-electron chi connectivity index (χ1n) is 6.97. The second-order valence-electron chi connectivity index (χ2n) is 5.16. The number of H-pyrrole nitrogens is 1. The molecule has 1 aliphatic heterocycles. The summed E-state index contributed by atoms with van der Waals surface area (Å²) in [6.45, 7) is 6.80. The Labute approximate surface area is 118 Å². The van der Waals surface area contributed by atoms with Crippen LogP contribution in [0.25, 0.3) is 11.3 Å². The minimum Gasteiger partial charge on any atom is -0.344 e. The Kier molecular flexibility index (Phi) is 3.80. The predicted octanol–water partition coefficient (Wildman–Crippen LogP) is 1.93. The zero-order valence-electron chi connectivity index (χ0n) is 11.6. The number of halogens is 1. The van der Waals surface area contributed by atoms with Crippen LogP contribution >= 0.6 is 0 Å². The van der Waals surface area contributed by atoms with Crippen LogP contribution in [-0.2, 0) is 6.54 Å². The number of nitrogens with one attached hydrogen (secondary N) is 2. The molecule has 3 rings (SSSR count). The van der Waals surface area contributed by atoms with Crippen LogP contribution in [0.5, 0.6) is 0 Å². The molecule has 0 bridgehead atoms. The third kappa shape index (κ3) is 2.73. The van der Waals surface area contributed by atoms with Gasteiger partial charge < -0.3 is 10.3 Å². The van der Waals surface area contributed by atoms with Gasteiger partial charge in [0, 0.05) is 37.4 Å². The summed E-state index contributed by atoms with van der Waals surface area (Å²) in [6.07, 6.45) is 0. The van der Waals surface area contributed by atoms with Crippen LogP contribution in [0.2, 0.25) is 0 Å². The maximum Gasteiger partial charge on any atom is 0.132 e. The van der Waals surface area contributed by atoms with Crippen molar-refractivity contribution in [1.29, 1.82) is 0 Å². The first-order valence-corrected chi connectivity index (χ1v) is 6.97. The highest BCUT2D eigenvalue weighted by molar-refractivity contribution is 5.62. The summed E-state index contributed by atoms with van der Waals surface area (Å²) in [6, 6.07) is 6.78. The number of aromatic amines is 1. The van der Waals surface area contributed by atoms with Crippen molar-refractivity contribution in [2.75, 3.05) is 26.2 Å². The molecule has 1 aromatic heterocycles. The highest BCUT2D eigenvalue weighted by Crippen LogP contribution is 2.24. The van der Waals surface area contributed by atoms with Gasteiger partial charge in [0.2, 0.25) is 0 Å². The van der Waals surface area contributed by atoms with E-state index in [1.165, 1.54) is 6.07 Å². The number of hydrogen-bond donors (Lipinski definition) is 2. The molecule has 106 valence electrons. The van der Waals surface area contributed by atoms with E-state index in [2.05, 4.69) is 20.2 Å². The molecular formula is C15H19FN4. The van der Waals surface area contributed by atoms with Crippen LogP contribution in [0.1, 0.15) is 11.5 Å². The van der Waals surface area contributed by atoms with Gasteiger partial charge in [0.1, 0.15) is 11.6 Å². The van der Waals surface area contributed by atoms with Gasteiger partial charge in [-0.05, 0) is 19.1 Å². The van der Waals surface area contributed by atoms with Gasteiger partial charge in [0.15, 0.2) is 0 Å². The van der Waals surface area contributed by atoms with Crippen LogP contribution in [0.3, 0.4) is 0 Å². The maximum atomic E-state index is 13.9. The fraction of sp³-hybridized carbons (Fsp3) is 0.400. The van der Waals surface area contributed by atoms with E-state index >= 15 is 0 Å². The maximum absolute atomic E-state index is 13.9. The minimum absolute atomic E-state index is 0.226. The van der Waals surface area contributed by atoms with E-state index in [1.807, 2.05) is 13.0 Å². The van der Waals surface area contributed by atoms with Crippen molar-refractivity contribution in [3.63, 3.8) is 0 Å². The van der Waals surface area contributed by atoms with Gasteiger partial charge in [-0.15, -0.1) is 0 Å². The molecule has 1 aliphatic rings. The number of imidazole rings is 1. The standard InChI is InChI=1S/C15H19FN4/c1-11-15(12-4-2-3-5-13(12)16)19-14(18-11)10-20-8-6-17-7-9-20/h2-5,17H,6-10H2,1H3,(H,18,19). The van der Waals surface area contributed by atoms with Crippen LogP contribution in [0.15, 0.2) is 24.3 Å². The number of piperazine rings is 1. The zero-order valence-corrected chi connectivity index (χ0v) is 11.6. The highest BCUT2D eigenvalue weighted by atomic mass is 19.1. The number of rotatable bonds is 3. The van der Waals surface area contributed by atoms with Crippen molar-refractivity contribution in [1.82, 2.24) is 20.2 Å². The van der Waals surface area contributed by atoms with E-state index in [9.17, 15) is 4.39 Å². The van der Waals surface area contributed by atoms with Gasteiger partial charge in [-0.1, -0.05) is 12.1 Å². The molecule has 2 aromatic rings. The predicted molar refractivity (Wildman–Crippen MR) is 76.9 cm³/mol. The Balaban J connectivity index is 1.82. The Morgan fingerprint density at radius 3 is 2.75 bits per heavy atom. The van der Waals surface area contributed by atoms with E-state index in [0.29, 0.717) is 11.3 Å². The van der Waals surface area contributed by atoms with Crippen LogP contribution in [-0.4, -0.2) is 41.0 Å². The Bertz CT molecular complexity index is 587. The van der Waals surface area contributed by atoms with Gasteiger partial charge in [-0.3, -0.25) is 4.90 Å². The number of hydrogen-bond acceptors (Lipinski definition) is 3. The van der Waals surface area contributed by atoms with Crippen molar-refractivity contribution >= 4 is 0 Å². The van der Waals surface area contributed by atoms with Crippen molar-refractivity contribution in [2.24, 2.45) is 0 Å². The number of aromatic nitrogens is 2.